The number of ether oxygens (including phenoxy) is 6. The molecule has 2 heterocycles. The van der Waals surface area contributed by atoms with Crippen LogP contribution in [0.15, 0.2) is 36.0 Å². The van der Waals surface area contributed by atoms with Gasteiger partial charge in [-0.3, -0.25) is 0 Å². The van der Waals surface area contributed by atoms with Crippen molar-refractivity contribution in [3.8, 4) is 11.8 Å². The lowest BCUT2D eigenvalue weighted by Crippen LogP contribution is -2.32. The number of rotatable bonds is 13. The summed E-state index contributed by atoms with van der Waals surface area (Å²) < 4.78 is 35.2. The Morgan fingerprint density at radius 3 is 2.58 bits per heavy atom. The topological polar surface area (TPSA) is 72.5 Å². The van der Waals surface area contributed by atoms with Crippen LogP contribution in [0.3, 0.4) is 0 Å². The Morgan fingerprint density at radius 2 is 1.90 bits per heavy atom. The van der Waals surface area contributed by atoms with Crippen LogP contribution in [0.5, 0.6) is 0 Å². The van der Waals surface area contributed by atoms with Gasteiger partial charge in [0.1, 0.15) is 6.61 Å². The van der Waals surface area contributed by atoms with Gasteiger partial charge in [-0.15, -0.1) is 11.8 Å². The predicted molar refractivity (Wildman–Crippen MR) is 153 cm³/mol. The van der Waals surface area contributed by atoms with Crippen molar-refractivity contribution in [1.29, 1.82) is 0 Å². The van der Waals surface area contributed by atoms with Gasteiger partial charge in [-0.2, -0.15) is 0 Å². The van der Waals surface area contributed by atoms with Crippen LogP contribution in [0.2, 0.25) is 0 Å². The molecule has 3 fully saturated rings. The third-order valence-electron chi connectivity index (χ3n) is 8.60. The lowest BCUT2D eigenvalue weighted by Gasteiger charge is -2.30. The van der Waals surface area contributed by atoms with E-state index >= 15 is 0 Å². The van der Waals surface area contributed by atoms with Crippen LogP contribution in [0.1, 0.15) is 71.6 Å². The number of hydrogen-bond acceptors (Lipinski definition) is 7. The lowest BCUT2D eigenvalue weighted by atomic mass is 9.90. The van der Waals surface area contributed by atoms with E-state index in [1.807, 2.05) is 6.92 Å². The maximum absolute atomic E-state index is 11.4. The number of carbonyl (C=O) groups excluding carboxylic acids is 1. The summed E-state index contributed by atoms with van der Waals surface area (Å²) in [5.41, 5.74) is 2.15. The molecule has 0 aromatic rings. The van der Waals surface area contributed by atoms with Gasteiger partial charge in [0.2, 0.25) is 0 Å². The minimum atomic E-state index is -0.380. The van der Waals surface area contributed by atoms with Crippen LogP contribution in [0.4, 0.5) is 0 Å². The minimum absolute atomic E-state index is 0.0645. The van der Waals surface area contributed by atoms with E-state index in [0.29, 0.717) is 18.4 Å². The Hall–Kier alpha value is -1.95. The zero-order valence-corrected chi connectivity index (χ0v) is 24.6. The summed E-state index contributed by atoms with van der Waals surface area (Å²) in [7, 11) is 1.36. The zero-order chi connectivity index (χ0) is 28.3. The molecule has 2 aliphatic carbocycles. The molecule has 8 atom stereocenters. The summed E-state index contributed by atoms with van der Waals surface area (Å²) in [5, 5.41) is 0. The molecule has 0 radical (unpaired) electrons. The first-order valence-corrected chi connectivity index (χ1v) is 15.1. The van der Waals surface area contributed by atoms with Gasteiger partial charge in [0.25, 0.3) is 0 Å². The van der Waals surface area contributed by atoms with Crippen molar-refractivity contribution in [1.82, 2.24) is 0 Å². The van der Waals surface area contributed by atoms with Crippen LogP contribution < -0.4 is 0 Å². The molecule has 4 aliphatic rings. The Kier molecular flexibility index (Phi) is 12.3. The first-order valence-electron chi connectivity index (χ1n) is 15.1. The molecule has 222 valence electrons. The quantitative estimate of drug-likeness (QED) is 0.163. The normalized spacial score (nSPS) is 31.6. The number of hydrogen-bond donors (Lipinski definition) is 0. The van der Waals surface area contributed by atoms with Crippen LogP contribution in [-0.4, -0.2) is 64.3 Å². The summed E-state index contributed by atoms with van der Waals surface area (Å²) in [5.74, 6) is 7.15. The molecule has 2 aliphatic heterocycles. The van der Waals surface area contributed by atoms with Gasteiger partial charge in [0.15, 0.2) is 12.6 Å². The van der Waals surface area contributed by atoms with E-state index in [0.717, 1.165) is 76.6 Å². The van der Waals surface area contributed by atoms with Crippen molar-refractivity contribution in [3.05, 3.63) is 36.0 Å². The molecule has 40 heavy (non-hydrogen) atoms. The highest BCUT2D eigenvalue weighted by Gasteiger charge is 2.46. The minimum Gasteiger partial charge on any atom is -0.467 e. The molecule has 2 saturated heterocycles. The fraction of sp³-hybridized carbons (Fsp3) is 0.727. The van der Waals surface area contributed by atoms with Crippen LogP contribution in [-0.2, 0) is 33.2 Å². The average molecular weight is 557 g/mol. The van der Waals surface area contributed by atoms with Gasteiger partial charge in [0.05, 0.1) is 25.9 Å². The predicted octanol–water partition coefficient (Wildman–Crippen LogP) is 5.74. The maximum Gasteiger partial charge on any atom is 0.331 e. The van der Waals surface area contributed by atoms with Crippen molar-refractivity contribution in [2.45, 2.75) is 96.4 Å². The second kappa shape index (κ2) is 15.9. The van der Waals surface area contributed by atoms with Crippen molar-refractivity contribution < 1.29 is 33.2 Å². The highest BCUT2D eigenvalue weighted by molar-refractivity contribution is 5.70. The van der Waals surface area contributed by atoms with E-state index in [-0.39, 0.29) is 49.2 Å². The number of allylic oxidation sites excluding steroid dienone is 1. The molecule has 7 heteroatoms. The number of esters is 1. The third kappa shape index (κ3) is 8.77. The zero-order valence-electron chi connectivity index (χ0n) is 24.6. The Bertz CT molecular complexity index is 948. The summed E-state index contributed by atoms with van der Waals surface area (Å²) >= 11 is 0. The molecule has 0 spiro atoms. The van der Waals surface area contributed by atoms with Crippen LogP contribution in [0.25, 0.3) is 0 Å². The van der Waals surface area contributed by atoms with Crippen molar-refractivity contribution in [3.63, 3.8) is 0 Å². The summed E-state index contributed by atoms with van der Waals surface area (Å²) in [6.07, 6.45) is 15.7. The second-order valence-electron chi connectivity index (χ2n) is 11.6. The van der Waals surface area contributed by atoms with E-state index in [9.17, 15) is 4.79 Å². The van der Waals surface area contributed by atoms with E-state index in [1.54, 1.807) is 0 Å². The van der Waals surface area contributed by atoms with Crippen LogP contribution >= 0.6 is 0 Å². The van der Waals surface area contributed by atoms with Gasteiger partial charge >= 0.3 is 5.97 Å². The van der Waals surface area contributed by atoms with Gasteiger partial charge < -0.3 is 28.4 Å². The molecule has 0 aromatic carbocycles. The van der Waals surface area contributed by atoms with Gasteiger partial charge in [-0.05, 0) is 87.2 Å². The number of carbonyl (C=O) groups is 1. The largest absolute Gasteiger partial charge is 0.467 e. The molecular weight excluding hydrogens is 508 g/mol. The first kappa shape index (κ1) is 31.0. The van der Waals surface area contributed by atoms with E-state index in [4.69, 9.17) is 23.7 Å². The van der Waals surface area contributed by atoms with Crippen molar-refractivity contribution in [2.75, 3.05) is 33.5 Å². The summed E-state index contributed by atoms with van der Waals surface area (Å²) in [6, 6.07) is 0. The molecule has 1 saturated carbocycles. The SMILES string of the molecule is C=C(COCC(=O)OC)C1=C[C@H]2[C@@H](C1)C[C@@H](OC1CCCCO1)[C@@H]2/C=C/[C@@H](OC1CCCCO1)C(C)CC#CC. The summed E-state index contributed by atoms with van der Waals surface area (Å²) in [4.78, 5) is 11.4. The Morgan fingerprint density at radius 1 is 1.15 bits per heavy atom. The molecule has 4 rings (SSSR count). The Balaban J connectivity index is 1.49. The van der Waals surface area contributed by atoms with E-state index in [2.05, 4.69) is 48.3 Å². The van der Waals surface area contributed by atoms with Crippen LogP contribution in [0, 0.1) is 35.5 Å². The molecule has 0 bridgehead atoms. The molecule has 0 aromatic heterocycles. The standard InChI is InChI=1S/C33H48O7/c1-5-6-11-23(2)29(39-32-12-7-9-16-37-32)15-14-27-28-19-25(24(3)21-36-22-31(34)35-4)18-26(28)20-30(27)40-33-13-8-10-17-38-33/h14-15,19,23,26-30,32-33H,3,7-13,16-18,20-22H2,1-2,4H3/b15-14+/t23?,26-,27+,28-,29+,30+,32?,33?/m0/s1. The molecule has 7 nitrogen and oxygen atoms in total. The fourth-order valence-electron chi connectivity index (χ4n) is 6.29. The second-order valence-corrected chi connectivity index (χ2v) is 11.6. The fourth-order valence-corrected chi connectivity index (χ4v) is 6.29. The average Bonchev–Trinajstić information content (AvgIpc) is 3.53. The maximum atomic E-state index is 11.4. The first-order chi connectivity index (χ1) is 19.5. The van der Waals surface area contributed by atoms with E-state index in [1.165, 1.54) is 12.7 Å². The third-order valence-corrected chi connectivity index (χ3v) is 8.60. The molecule has 3 unspecified atom stereocenters. The Labute approximate surface area is 240 Å². The van der Waals surface area contributed by atoms with Crippen molar-refractivity contribution >= 4 is 5.97 Å². The highest BCUT2D eigenvalue weighted by atomic mass is 16.7. The van der Waals surface area contributed by atoms with E-state index < -0.39 is 0 Å². The monoisotopic (exact) mass is 556 g/mol. The number of methoxy groups -OCH3 is 1. The summed E-state index contributed by atoms with van der Waals surface area (Å²) in [6.45, 7) is 10.1. The van der Waals surface area contributed by atoms with Gasteiger partial charge in [-0.1, -0.05) is 31.7 Å². The van der Waals surface area contributed by atoms with Gasteiger partial charge in [-0.25, -0.2) is 4.79 Å². The highest BCUT2D eigenvalue weighted by Crippen LogP contribution is 2.50. The van der Waals surface area contributed by atoms with Gasteiger partial charge in [0, 0.05) is 25.6 Å². The molecule has 0 N–H and O–H groups in total. The smallest absolute Gasteiger partial charge is 0.331 e. The molecule has 0 amide bonds. The number of fused-ring (bicyclic) bond motifs is 1. The van der Waals surface area contributed by atoms with Crippen molar-refractivity contribution in [2.24, 2.45) is 23.7 Å². The lowest BCUT2D eigenvalue weighted by molar-refractivity contribution is -0.193. The molecular formula is C33H48O7.